The summed E-state index contributed by atoms with van der Waals surface area (Å²) in [6, 6.07) is 13.7. The summed E-state index contributed by atoms with van der Waals surface area (Å²) in [7, 11) is 3.18. The van der Waals surface area contributed by atoms with Gasteiger partial charge < -0.3 is 20.1 Å². The molecule has 0 spiro atoms. The molecule has 5 nitrogen and oxygen atoms in total. The van der Waals surface area contributed by atoms with Crippen molar-refractivity contribution in [3.8, 4) is 5.75 Å². The Labute approximate surface area is 140 Å². The van der Waals surface area contributed by atoms with E-state index < -0.39 is 6.10 Å². The second-order valence-electron chi connectivity index (χ2n) is 5.11. The molecule has 0 saturated heterocycles. The minimum absolute atomic E-state index is 0.152. The van der Waals surface area contributed by atoms with Crippen molar-refractivity contribution >= 4 is 23.3 Å². The Balaban J connectivity index is 1.97. The highest BCUT2D eigenvalue weighted by atomic mass is 35.5. The molecule has 0 bridgehead atoms. The first-order valence-corrected chi connectivity index (χ1v) is 7.47. The van der Waals surface area contributed by atoms with Crippen LogP contribution in [0.15, 0.2) is 48.5 Å². The van der Waals surface area contributed by atoms with Crippen LogP contribution in [0.2, 0.25) is 5.02 Å². The van der Waals surface area contributed by atoms with E-state index in [1.54, 1.807) is 62.7 Å². The fraction of sp³-hybridized carbons (Fsp3) is 0.235. The Hall–Kier alpha value is -2.24. The second kappa shape index (κ2) is 7.85. The predicted octanol–water partition coefficient (Wildman–Crippen LogP) is 3.55. The van der Waals surface area contributed by atoms with Crippen LogP contribution in [-0.2, 0) is 0 Å². The van der Waals surface area contributed by atoms with Gasteiger partial charge in [0, 0.05) is 17.8 Å². The van der Waals surface area contributed by atoms with Gasteiger partial charge >= 0.3 is 6.03 Å². The molecule has 0 heterocycles. The molecule has 1 atom stereocenters. The number of halogens is 1. The fourth-order valence-electron chi connectivity index (χ4n) is 2.08. The molecule has 0 aliphatic rings. The van der Waals surface area contributed by atoms with E-state index in [0.29, 0.717) is 22.0 Å². The number of carbonyl (C=O) groups excluding carboxylic acids is 1. The van der Waals surface area contributed by atoms with Gasteiger partial charge in [0.1, 0.15) is 5.75 Å². The Morgan fingerprint density at radius 1 is 1.30 bits per heavy atom. The lowest BCUT2D eigenvalue weighted by molar-refractivity contribution is 0.136. The Kier molecular flexibility index (Phi) is 5.84. The highest BCUT2D eigenvalue weighted by Gasteiger charge is 2.16. The highest BCUT2D eigenvalue weighted by molar-refractivity contribution is 6.30. The summed E-state index contributed by atoms with van der Waals surface area (Å²) < 4.78 is 5.13. The highest BCUT2D eigenvalue weighted by Crippen LogP contribution is 2.20. The predicted molar refractivity (Wildman–Crippen MR) is 91.1 cm³/mol. The van der Waals surface area contributed by atoms with E-state index in [2.05, 4.69) is 5.32 Å². The number of aliphatic hydroxyl groups is 1. The van der Waals surface area contributed by atoms with Crippen LogP contribution in [0.1, 0.15) is 11.7 Å². The second-order valence-corrected chi connectivity index (χ2v) is 5.55. The lowest BCUT2D eigenvalue weighted by Crippen LogP contribution is -2.34. The molecule has 0 aliphatic carbocycles. The quantitative estimate of drug-likeness (QED) is 0.879. The summed E-state index contributed by atoms with van der Waals surface area (Å²) in [6.45, 7) is 0.152. The van der Waals surface area contributed by atoms with Gasteiger partial charge in [0.2, 0.25) is 0 Å². The third-order valence-electron chi connectivity index (χ3n) is 3.35. The molecule has 2 aromatic rings. The van der Waals surface area contributed by atoms with E-state index in [4.69, 9.17) is 16.3 Å². The number of anilines is 1. The first-order valence-electron chi connectivity index (χ1n) is 7.09. The lowest BCUT2D eigenvalue weighted by atomic mass is 10.1. The Morgan fingerprint density at radius 2 is 2.04 bits per heavy atom. The van der Waals surface area contributed by atoms with Crippen molar-refractivity contribution in [2.24, 2.45) is 0 Å². The topological polar surface area (TPSA) is 61.8 Å². The van der Waals surface area contributed by atoms with E-state index in [1.165, 1.54) is 4.90 Å². The van der Waals surface area contributed by atoms with Crippen molar-refractivity contribution in [3.63, 3.8) is 0 Å². The number of ether oxygens (including phenoxy) is 1. The summed E-state index contributed by atoms with van der Waals surface area (Å²) in [5.41, 5.74) is 1.29. The molecule has 23 heavy (non-hydrogen) atoms. The van der Waals surface area contributed by atoms with E-state index in [0.717, 1.165) is 0 Å². The summed E-state index contributed by atoms with van der Waals surface area (Å²) in [5.74, 6) is 0.660. The first-order chi connectivity index (χ1) is 11.0. The Morgan fingerprint density at radius 3 is 2.74 bits per heavy atom. The molecule has 2 amide bonds. The van der Waals surface area contributed by atoms with Crippen molar-refractivity contribution in [2.75, 3.05) is 26.0 Å². The molecule has 0 aromatic heterocycles. The van der Waals surface area contributed by atoms with Gasteiger partial charge in [-0.25, -0.2) is 4.79 Å². The van der Waals surface area contributed by atoms with Crippen molar-refractivity contribution in [2.45, 2.75) is 6.10 Å². The van der Waals surface area contributed by atoms with E-state index in [-0.39, 0.29) is 12.6 Å². The van der Waals surface area contributed by atoms with Gasteiger partial charge in [-0.05, 0) is 35.9 Å². The molecule has 1 unspecified atom stereocenters. The molecule has 2 rings (SSSR count). The lowest BCUT2D eigenvalue weighted by Gasteiger charge is -2.22. The average Bonchev–Trinajstić information content (AvgIpc) is 2.54. The molecular weight excluding hydrogens is 316 g/mol. The third kappa shape index (κ3) is 4.87. The molecule has 2 N–H and O–H groups in total. The van der Waals surface area contributed by atoms with Crippen LogP contribution in [0.3, 0.4) is 0 Å². The molecule has 122 valence electrons. The average molecular weight is 335 g/mol. The standard InChI is InChI=1S/C17H19ClN2O3/c1-20(17(22)19-14-7-4-6-13(18)10-14)11-16(21)12-5-3-8-15(9-12)23-2/h3-10,16,21H,11H2,1-2H3,(H,19,22). The number of methoxy groups -OCH3 is 1. The summed E-state index contributed by atoms with van der Waals surface area (Å²) in [5, 5.41) is 13.5. The molecule has 0 saturated carbocycles. The first kappa shape index (κ1) is 17.1. The minimum atomic E-state index is -0.805. The van der Waals surface area contributed by atoms with Crippen LogP contribution >= 0.6 is 11.6 Å². The van der Waals surface area contributed by atoms with Gasteiger partial charge in [0.25, 0.3) is 0 Å². The van der Waals surface area contributed by atoms with Crippen LogP contribution < -0.4 is 10.1 Å². The zero-order valence-corrected chi connectivity index (χ0v) is 13.7. The van der Waals surface area contributed by atoms with Crippen LogP contribution in [0.5, 0.6) is 5.75 Å². The van der Waals surface area contributed by atoms with Gasteiger partial charge in [-0.15, -0.1) is 0 Å². The van der Waals surface area contributed by atoms with Crippen molar-refractivity contribution in [3.05, 3.63) is 59.1 Å². The maximum Gasteiger partial charge on any atom is 0.321 e. The number of amides is 2. The van der Waals surface area contributed by atoms with E-state index in [9.17, 15) is 9.90 Å². The van der Waals surface area contributed by atoms with Gasteiger partial charge in [-0.3, -0.25) is 0 Å². The summed E-state index contributed by atoms with van der Waals surface area (Å²) in [4.78, 5) is 13.6. The van der Waals surface area contributed by atoms with Crippen molar-refractivity contribution in [1.82, 2.24) is 4.90 Å². The number of urea groups is 1. The number of nitrogens with one attached hydrogen (secondary N) is 1. The van der Waals surface area contributed by atoms with Gasteiger partial charge in [-0.1, -0.05) is 29.8 Å². The number of rotatable bonds is 5. The van der Waals surface area contributed by atoms with Crippen molar-refractivity contribution < 1.29 is 14.6 Å². The number of carbonyl (C=O) groups is 1. The normalized spacial score (nSPS) is 11.7. The zero-order chi connectivity index (χ0) is 16.8. The molecule has 0 aliphatic heterocycles. The minimum Gasteiger partial charge on any atom is -0.497 e. The Bertz CT molecular complexity index is 678. The van der Waals surface area contributed by atoms with Gasteiger partial charge in [0.05, 0.1) is 19.8 Å². The number of hydrogen-bond acceptors (Lipinski definition) is 3. The van der Waals surface area contributed by atoms with Crippen LogP contribution in [0.4, 0.5) is 10.5 Å². The van der Waals surface area contributed by atoms with Gasteiger partial charge in [-0.2, -0.15) is 0 Å². The maximum atomic E-state index is 12.1. The summed E-state index contributed by atoms with van der Waals surface area (Å²) in [6.07, 6.45) is -0.805. The summed E-state index contributed by atoms with van der Waals surface area (Å²) >= 11 is 5.88. The number of hydrogen-bond donors (Lipinski definition) is 2. The number of aliphatic hydroxyl groups excluding tert-OH is 1. The number of nitrogens with zero attached hydrogens (tertiary/aromatic N) is 1. The molecule has 6 heteroatoms. The van der Waals surface area contributed by atoms with Crippen LogP contribution in [-0.4, -0.2) is 36.7 Å². The van der Waals surface area contributed by atoms with Crippen LogP contribution in [0.25, 0.3) is 0 Å². The molecule has 2 aromatic carbocycles. The largest absolute Gasteiger partial charge is 0.497 e. The number of benzene rings is 2. The SMILES string of the molecule is COc1cccc(C(O)CN(C)C(=O)Nc2cccc(Cl)c2)c1. The van der Waals surface area contributed by atoms with E-state index in [1.807, 2.05) is 0 Å². The third-order valence-corrected chi connectivity index (χ3v) is 3.58. The van der Waals surface area contributed by atoms with Gasteiger partial charge in [0.15, 0.2) is 0 Å². The molecule has 0 fully saturated rings. The molecule has 0 radical (unpaired) electrons. The number of likely N-dealkylation sites (N-methyl/N-ethyl adjacent to an activating group) is 1. The molecular formula is C17H19ClN2O3. The zero-order valence-electron chi connectivity index (χ0n) is 13.0. The van der Waals surface area contributed by atoms with Crippen molar-refractivity contribution in [1.29, 1.82) is 0 Å². The van der Waals surface area contributed by atoms with Crippen LogP contribution in [0, 0.1) is 0 Å². The maximum absolute atomic E-state index is 12.1. The fourth-order valence-corrected chi connectivity index (χ4v) is 2.27. The monoisotopic (exact) mass is 334 g/mol. The smallest absolute Gasteiger partial charge is 0.321 e. The van der Waals surface area contributed by atoms with E-state index >= 15 is 0 Å².